The first-order valence-corrected chi connectivity index (χ1v) is 8.28. The molecule has 2 heteroatoms. The molecule has 110 valence electrons. The molecule has 1 unspecified atom stereocenters. The Kier molecular flexibility index (Phi) is 2.03. The minimum Gasteiger partial charge on any atom is -0.377 e. The molecule has 0 saturated heterocycles. The van der Waals surface area contributed by atoms with Crippen molar-refractivity contribution in [3.8, 4) is 5.69 Å². The standard InChI is InChI=1S/C21H16N2/c1-4-8-20-13(5-1)9-15-10-14-11-19-17(12-21(14)23(15)20)16-6-2-3-7-18(16)22-19/h1-8,10,12,19,22H,9,11H2. The van der Waals surface area contributed by atoms with Crippen molar-refractivity contribution in [2.45, 2.75) is 18.9 Å². The fraction of sp³-hybridized carbons (Fsp3) is 0.143. The number of anilines is 1. The van der Waals surface area contributed by atoms with Gasteiger partial charge in [-0.3, -0.25) is 0 Å². The average Bonchev–Trinajstić information content (AvgIpc) is 3.21. The number of para-hydroxylation sites is 2. The van der Waals surface area contributed by atoms with Crippen LogP contribution in [0.5, 0.6) is 0 Å². The van der Waals surface area contributed by atoms with Gasteiger partial charge in [0.1, 0.15) is 0 Å². The second-order valence-corrected chi connectivity index (χ2v) is 6.73. The van der Waals surface area contributed by atoms with Crippen molar-refractivity contribution in [1.29, 1.82) is 0 Å². The summed E-state index contributed by atoms with van der Waals surface area (Å²) in [5.41, 5.74) is 11.2. The zero-order chi connectivity index (χ0) is 15.0. The van der Waals surface area contributed by atoms with Gasteiger partial charge in [-0.1, -0.05) is 36.4 Å². The number of aromatic nitrogens is 1. The van der Waals surface area contributed by atoms with E-state index >= 15 is 0 Å². The predicted molar refractivity (Wildman–Crippen MR) is 94.0 cm³/mol. The minimum absolute atomic E-state index is 0.429. The number of hydrogen-bond donors (Lipinski definition) is 1. The van der Waals surface area contributed by atoms with Crippen molar-refractivity contribution < 1.29 is 0 Å². The van der Waals surface area contributed by atoms with Crippen LogP contribution < -0.4 is 5.32 Å². The van der Waals surface area contributed by atoms with Crippen molar-refractivity contribution in [3.63, 3.8) is 0 Å². The molecule has 0 radical (unpaired) electrons. The summed E-state index contributed by atoms with van der Waals surface area (Å²) in [7, 11) is 0. The van der Waals surface area contributed by atoms with E-state index in [0.29, 0.717) is 6.04 Å². The van der Waals surface area contributed by atoms with E-state index in [1.54, 1.807) is 0 Å². The second kappa shape index (κ2) is 3.96. The number of fused-ring (bicyclic) bond motifs is 8. The van der Waals surface area contributed by atoms with Crippen molar-refractivity contribution in [3.05, 3.63) is 82.7 Å². The summed E-state index contributed by atoms with van der Waals surface area (Å²) in [4.78, 5) is 0. The molecule has 3 heterocycles. The Labute approximate surface area is 135 Å². The van der Waals surface area contributed by atoms with Crippen LogP contribution in [0.1, 0.15) is 28.1 Å². The largest absolute Gasteiger partial charge is 0.377 e. The topological polar surface area (TPSA) is 17.0 Å². The number of nitrogens with zero attached hydrogens (tertiary/aromatic N) is 1. The third kappa shape index (κ3) is 1.43. The van der Waals surface area contributed by atoms with E-state index in [1.165, 1.54) is 45.0 Å². The monoisotopic (exact) mass is 296 g/mol. The quantitative estimate of drug-likeness (QED) is 0.513. The Morgan fingerprint density at radius 3 is 2.83 bits per heavy atom. The maximum Gasteiger partial charge on any atom is 0.0562 e. The van der Waals surface area contributed by atoms with Gasteiger partial charge < -0.3 is 9.88 Å². The van der Waals surface area contributed by atoms with Crippen molar-refractivity contribution >= 4 is 17.3 Å². The van der Waals surface area contributed by atoms with Crippen LogP contribution in [0.4, 0.5) is 5.69 Å². The molecule has 6 rings (SSSR count). The summed E-state index contributed by atoms with van der Waals surface area (Å²) in [6.45, 7) is 0. The maximum absolute atomic E-state index is 3.68. The summed E-state index contributed by atoms with van der Waals surface area (Å²) in [5, 5.41) is 3.68. The van der Waals surface area contributed by atoms with Gasteiger partial charge >= 0.3 is 0 Å². The normalized spacial score (nSPS) is 19.1. The molecule has 2 aliphatic heterocycles. The summed E-state index contributed by atoms with van der Waals surface area (Å²) < 4.78 is 2.47. The Morgan fingerprint density at radius 1 is 0.957 bits per heavy atom. The van der Waals surface area contributed by atoms with Crippen LogP contribution in [0.25, 0.3) is 17.3 Å². The number of benzene rings is 2. The molecule has 1 N–H and O–H groups in total. The summed E-state index contributed by atoms with van der Waals surface area (Å²) in [6, 6.07) is 20.3. The fourth-order valence-corrected chi connectivity index (χ4v) is 4.47. The first-order valence-electron chi connectivity index (χ1n) is 8.28. The van der Waals surface area contributed by atoms with Crippen LogP contribution in [0.2, 0.25) is 0 Å². The van der Waals surface area contributed by atoms with Crippen LogP contribution in [0.15, 0.2) is 54.6 Å². The Morgan fingerprint density at radius 2 is 1.83 bits per heavy atom. The van der Waals surface area contributed by atoms with E-state index < -0.39 is 0 Å². The number of rotatable bonds is 0. The van der Waals surface area contributed by atoms with Gasteiger partial charge in [0.15, 0.2) is 0 Å². The van der Waals surface area contributed by atoms with Gasteiger partial charge in [-0.15, -0.1) is 0 Å². The lowest BCUT2D eigenvalue weighted by Gasteiger charge is -2.20. The van der Waals surface area contributed by atoms with Crippen LogP contribution in [0, 0.1) is 0 Å². The van der Waals surface area contributed by atoms with Gasteiger partial charge in [-0.2, -0.15) is 0 Å². The molecule has 2 aromatic carbocycles. The van der Waals surface area contributed by atoms with Crippen LogP contribution >= 0.6 is 0 Å². The first kappa shape index (κ1) is 11.8. The van der Waals surface area contributed by atoms with Gasteiger partial charge in [-0.25, -0.2) is 0 Å². The molecule has 3 aromatic rings. The SMILES string of the molecule is C1=C2c3ccccc3NC2Cc2cc3n(c21)-c1ccccc1C3. The highest BCUT2D eigenvalue weighted by Crippen LogP contribution is 2.43. The Hall–Kier alpha value is -2.74. The van der Waals surface area contributed by atoms with E-state index in [9.17, 15) is 0 Å². The molecule has 0 amide bonds. The van der Waals surface area contributed by atoms with Gasteiger partial charge in [0.2, 0.25) is 0 Å². The fourth-order valence-electron chi connectivity index (χ4n) is 4.47. The molecule has 23 heavy (non-hydrogen) atoms. The zero-order valence-corrected chi connectivity index (χ0v) is 12.7. The van der Waals surface area contributed by atoms with E-state index in [4.69, 9.17) is 0 Å². The lowest BCUT2D eigenvalue weighted by atomic mass is 9.90. The lowest BCUT2D eigenvalue weighted by molar-refractivity contribution is 0.885. The Balaban J connectivity index is 1.59. The van der Waals surface area contributed by atoms with E-state index in [0.717, 1.165) is 12.8 Å². The molecular weight excluding hydrogens is 280 g/mol. The van der Waals surface area contributed by atoms with Crippen molar-refractivity contribution in [2.24, 2.45) is 0 Å². The van der Waals surface area contributed by atoms with Crippen molar-refractivity contribution in [1.82, 2.24) is 4.57 Å². The first-order chi connectivity index (χ1) is 11.4. The highest BCUT2D eigenvalue weighted by Gasteiger charge is 2.33. The summed E-state index contributed by atoms with van der Waals surface area (Å²) >= 11 is 0. The highest BCUT2D eigenvalue weighted by atomic mass is 15.0. The van der Waals surface area contributed by atoms with Crippen molar-refractivity contribution in [2.75, 3.05) is 5.32 Å². The smallest absolute Gasteiger partial charge is 0.0562 e. The highest BCUT2D eigenvalue weighted by molar-refractivity contribution is 5.97. The summed E-state index contributed by atoms with van der Waals surface area (Å²) in [5.74, 6) is 0. The van der Waals surface area contributed by atoms with Crippen LogP contribution in [-0.2, 0) is 12.8 Å². The third-order valence-corrected chi connectivity index (χ3v) is 5.46. The third-order valence-electron chi connectivity index (χ3n) is 5.46. The van der Waals surface area contributed by atoms with Gasteiger partial charge in [0.05, 0.1) is 6.04 Å². The second-order valence-electron chi connectivity index (χ2n) is 6.73. The van der Waals surface area contributed by atoms with Gasteiger partial charge in [0, 0.05) is 34.7 Å². The number of nitrogens with one attached hydrogen (secondary N) is 1. The molecule has 2 nitrogen and oxygen atoms in total. The molecule has 0 fully saturated rings. The minimum atomic E-state index is 0.429. The average molecular weight is 296 g/mol. The Bertz CT molecular complexity index is 1010. The lowest BCUT2D eigenvalue weighted by Crippen LogP contribution is -2.21. The molecule has 1 aliphatic carbocycles. The summed E-state index contributed by atoms with van der Waals surface area (Å²) in [6.07, 6.45) is 4.55. The predicted octanol–water partition coefficient (Wildman–Crippen LogP) is 4.27. The van der Waals surface area contributed by atoms with E-state index in [-0.39, 0.29) is 0 Å². The molecule has 1 atom stereocenters. The van der Waals surface area contributed by atoms with Gasteiger partial charge in [-0.05, 0) is 47.4 Å². The van der Waals surface area contributed by atoms with E-state index in [2.05, 4.69) is 70.6 Å². The maximum atomic E-state index is 3.68. The zero-order valence-electron chi connectivity index (χ0n) is 12.7. The molecular formula is C21H16N2. The van der Waals surface area contributed by atoms with Gasteiger partial charge in [0.25, 0.3) is 0 Å². The molecule has 0 spiro atoms. The molecule has 3 aliphatic rings. The van der Waals surface area contributed by atoms with E-state index in [1.807, 2.05) is 0 Å². The molecule has 1 aromatic heterocycles. The molecule has 0 saturated carbocycles. The number of hydrogen-bond acceptors (Lipinski definition) is 1. The molecule has 0 bridgehead atoms. The van der Waals surface area contributed by atoms with Crippen LogP contribution in [0.3, 0.4) is 0 Å². The van der Waals surface area contributed by atoms with Crippen LogP contribution in [-0.4, -0.2) is 10.6 Å².